The van der Waals surface area contributed by atoms with Crippen LogP contribution in [-0.2, 0) is 27.7 Å². The van der Waals surface area contributed by atoms with Crippen LogP contribution in [0, 0.1) is 0 Å². The molecule has 1 aromatic carbocycles. The van der Waals surface area contributed by atoms with Gasteiger partial charge in [-0.05, 0) is 48.8 Å². The van der Waals surface area contributed by atoms with Crippen molar-refractivity contribution in [3.05, 3.63) is 34.9 Å². The van der Waals surface area contributed by atoms with Crippen molar-refractivity contribution < 1.29 is 9.47 Å². The molecule has 0 fully saturated rings. The van der Waals surface area contributed by atoms with Crippen molar-refractivity contribution in [2.24, 2.45) is 0 Å². The third-order valence-electron chi connectivity index (χ3n) is 3.88. The Labute approximate surface area is 124 Å². The predicted octanol–water partition coefficient (Wildman–Crippen LogP) is 4.14. The Morgan fingerprint density at radius 3 is 2.00 bits per heavy atom. The van der Waals surface area contributed by atoms with E-state index in [0.717, 1.165) is 12.8 Å². The molecule has 0 amide bonds. The van der Waals surface area contributed by atoms with Crippen molar-refractivity contribution >= 4 is 0 Å². The van der Waals surface area contributed by atoms with E-state index in [0.29, 0.717) is 0 Å². The normalized spacial score (nSPS) is 15.2. The lowest BCUT2D eigenvalue weighted by Crippen LogP contribution is -2.21. The summed E-state index contributed by atoms with van der Waals surface area (Å²) in [4.78, 5) is 0. The quantitative estimate of drug-likeness (QED) is 0.778. The molecule has 0 bridgehead atoms. The van der Waals surface area contributed by atoms with Crippen LogP contribution >= 0.6 is 0 Å². The van der Waals surface area contributed by atoms with Gasteiger partial charge in [0.1, 0.15) is 0 Å². The fourth-order valence-corrected chi connectivity index (χ4v) is 2.53. The number of hydrogen-bond acceptors (Lipinski definition) is 2. The maximum Gasteiger partial charge on any atom is 0.0583 e. The van der Waals surface area contributed by atoms with Crippen LogP contribution in [0.4, 0.5) is 0 Å². The summed E-state index contributed by atoms with van der Waals surface area (Å²) in [6, 6.07) is 6.64. The first kappa shape index (κ1) is 17.2. The predicted molar refractivity (Wildman–Crippen MR) is 85.5 cm³/mol. The Kier molecular flexibility index (Phi) is 6.22. The summed E-state index contributed by atoms with van der Waals surface area (Å²) in [7, 11) is 3.55. The van der Waals surface area contributed by atoms with Crippen LogP contribution < -0.4 is 0 Å². The molecule has 2 heteroatoms. The molecule has 1 rings (SSSR count). The first-order chi connectivity index (χ1) is 9.29. The van der Waals surface area contributed by atoms with Gasteiger partial charge < -0.3 is 9.47 Å². The zero-order valence-corrected chi connectivity index (χ0v) is 14.1. The second-order valence-electron chi connectivity index (χ2n) is 6.69. The van der Waals surface area contributed by atoms with Crippen LogP contribution in [0.1, 0.15) is 51.3 Å². The minimum atomic E-state index is 0.148. The van der Waals surface area contributed by atoms with Gasteiger partial charge in [0.25, 0.3) is 0 Å². The molecule has 0 heterocycles. The third kappa shape index (κ3) is 4.60. The highest BCUT2D eigenvalue weighted by Gasteiger charge is 2.21. The average molecular weight is 278 g/mol. The lowest BCUT2D eigenvalue weighted by atomic mass is 9.80. The summed E-state index contributed by atoms with van der Waals surface area (Å²) in [5, 5.41) is 0. The van der Waals surface area contributed by atoms with Gasteiger partial charge >= 0.3 is 0 Å². The summed E-state index contributed by atoms with van der Waals surface area (Å²) in [6.07, 6.45) is 2.37. The van der Waals surface area contributed by atoms with Gasteiger partial charge in [-0.2, -0.15) is 0 Å². The van der Waals surface area contributed by atoms with E-state index in [4.69, 9.17) is 9.47 Å². The smallest absolute Gasteiger partial charge is 0.0583 e. The Balaban J connectivity index is 3.21. The van der Waals surface area contributed by atoms with Gasteiger partial charge in [0.15, 0.2) is 0 Å². The summed E-state index contributed by atoms with van der Waals surface area (Å²) in [5.74, 6) is 0. The molecule has 2 atom stereocenters. The van der Waals surface area contributed by atoms with E-state index >= 15 is 0 Å². The largest absolute Gasteiger partial charge is 0.381 e. The molecule has 1 aromatic rings. The molecular weight excluding hydrogens is 248 g/mol. The van der Waals surface area contributed by atoms with E-state index in [1.54, 1.807) is 14.2 Å². The minimum absolute atomic E-state index is 0.148. The van der Waals surface area contributed by atoms with E-state index in [2.05, 4.69) is 52.8 Å². The fraction of sp³-hybridized carbons (Fsp3) is 0.667. The van der Waals surface area contributed by atoms with E-state index in [1.165, 1.54) is 16.7 Å². The molecular formula is C18H30O2. The standard InChI is InChI=1S/C18H30O2/c1-13(19-6)11-15-9-8-10-17(18(3,4)5)16(15)12-14(2)20-7/h8-10,13-14H,11-12H2,1-7H3. The third-order valence-corrected chi connectivity index (χ3v) is 3.88. The van der Waals surface area contributed by atoms with Gasteiger partial charge in [0.2, 0.25) is 0 Å². The summed E-state index contributed by atoms with van der Waals surface area (Å²) >= 11 is 0. The number of benzene rings is 1. The molecule has 0 saturated heterocycles. The maximum absolute atomic E-state index is 5.48. The van der Waals surface area contributed by atoms with Gasteiger partial charge in [-0.3, -0.25) is 0 Å². The first-order valence-corrected chi connectivity index (χ1v) is 7.46. The molecule has 114 valence electrons. The van der Waals surface area contributed by atoms with Crippen molar-refractivity contribution in [1.82, 2.24) is 0 Å². The molecule has 20 heavy (non-hydrogen) atoms. The van der Waals surface area contributed by atoms with Crippen LogP contribution in [0.3, 0.4) is 0 Å². The molecule has 0 aliphatic rings. The Hall–Kier alpha value is -0.860. The Morgan fingerprint density at radius 1 is 0.950 bits per heavy atom. The van der Waals surface area contributed by atoms with E-state index in [9.17, 15) is 0 Å². The second kappa shape index (κ2) is 7.24. The number of rotatable bonds is 6. The van der Waals surface area contributed by atoms with Crippen LogP contribution in [0.25, 0.3) is 0 Å². The van der Waals surface area contributed by atoms with Crippen LogP contribution in [0.15, 0.2) is 18.2 Å². The van der Waals surface area contributed by atoms with Crippen LogP contribution in [-0.4, -0.2) is 26.4 Å². The Bertz CT molecular complexity index is 418. The fourth-order valence-electron chi connectivity index (χ4n) is 2.53. The summed E-state index contributed by atoms with van der Waals surface area (Å²) < 4.78 is 10.9. The zero-order chi connectivity index (χ0) is 15.3. The second-order valence-corrected chi connectivity index (χ2v) is 6.69. The lowest BCUT2D eigenvalue weighted by molar-refractivity contribution is 0.114. The van der Waals surface area contributed by atoms with Gasteiger partial charge in [-0.1, -0.05) is 39.0 Å². The maximum atomic E-state index is 5.48. The van der Waals surface area contributed by atoms with Crippen molar-refractivity contribution in [3.8, 4) is 0 Å². The minimum Gasteiger partial charge on any atom is -0.381 e. The lowest BCUT2D eigenvalue weighted by Gasteiger charge is -2.27. The van der Waals surface area contributed by atoms with Crippen LogP contribution in [0.2, 0.25) is 0 Å². The topological polar surface area (TPSA) is 18.5 Å². The van der Waals surface area contributed by atoms with Crippen LogP contribution in [0.5, 0.6) is 0 Å². The molecule has 2 nitrogen and oxygen atoms in total. The SMILES string of the molecule is COC(C)Cc1cccc(C(C)(C)C)c1CC(C)OC. The molecule has 0 aliphatic carbocycles. The molecule has 0 radical (unpaired) electrons. The number of ether oxygens (including phenoxy) is 2. The van der Waals surface area contributed by atoms with Gasteiger partial charge in [-0.15, -0.1) is 0 Å². The van der Waals surface area contributed by atoms with Crippen molar-refractivity contribution in [2.45, 2.75) is 65.1 Å². The highest BCUT2D eigenvalue weighted by Crippen LogP contribution is 2.30. The first-order valence-electron chi connectivity index (χ1n) is 7.46. The molecule has 0 saturated carbocycles. The van der Waals surface area contributed by atoms with E-state index in [1.807, 2.05) is 0 Å². The molecule has 0 spiro atoms. The van der Waals surface area contributed by atoms with E-state index < -0.39 is 0 Å². The summed E-state index contributed by atoms with van der Waals surface area (Å²) in [5.41, 5.74) is 4.38. The number of methoxy groups -OCH3 is 2. The van der Waals surface area contributed by atoms with Gasteiger partial charge in [0.05, 0.1) is 12.2 Å². The molecule has 0 aliphatic heterocycles. The zero-order valence-electron chi connectivity index (χ0n) is 14.1. The molecule has 0 aromatic heterocycles. The van der Waals surface area contributed by atoms with Gasteiger partial charge in [-0.25, -0.2) is 0 Å². The van der Waals surface area contributed by atoms with Crippen molar-refractivity contribution in [1.29, 1.82) is 0 Å². The monoisotopic (exact) mass is 278 g/mol. The Morgan fingerprint density at radius 2 is 1.50 bits per heavy atom. The molecule has 0 N–H and O–H groups in total. The highest BCUT2D eigenvalue weighted by atomic mass is 16.5. The summed E-state index contributed by atoms with van der Waals surface area (Å²) in [6.45, 7) is 11.1. The van der Waals surface area contributed by atoms with Crippen molar-refractivity contribution in [3.63, 3.8) is 0 Å². The van der Waals surface area contributed by atoms with Gasteiger partial charge in [0, 0.05) is 14.2 Å². The number of hydrogen-bond donors (Lipinski definition) is 0. The van der Waals surface area contributed by atoms with Crippen molar-refractivity contribution in [2.75, 3.05) is 14.2 Å². The molecule has 2 unspecified atom stereocenters. The highest BCUT2D eigenvalue weighted by molar-refractivity contribution is 5.40. The average Bonchev–Trinajstić information content (AvgIpc) is 2.38. The van der Waals surface area contributed by atoms with E-state index in [-0.39, 0.29) is 17.6 Å².